The number of carbonyl (C=O) groups is 3. The molecule has 1 aromatic carbocycles. The number of amides is 2. The molecule has 150 valence electrons. The number of carbonyl (C=O) groups excluding carboxylic acids is 3. The van der Waals surface area contributed by atoms with Gasteiger partial charge in [0.25, 0.3) is 11.8 Å². The average Bonchev–Trinajstić information content (AvgIpc) is 3.17. The summed E-state index contributed by atoms with van der Waals surface area (Å²) in [6.07, 6.45) is 0.301. The molecule has 0 spiro atoms. The van der Waals surface area contributed by atoms with Crippen molar-refractivity contribution in [3.63, 3.8) is 0 Å². The van der Waals surface area contributed by atoms with Gasteiger partial charge < -0.3 is 19.8 Å². The third kappa shape index (κ3) is 5.36. The van der Waals surface area contributed by atoms with Crippen molar-refractivity contribution in [2.45, 2.75) is 39.8 Å². The lowest BCUT2D eigenvalue weighted by atomic mass is 10.0. The molecule has 2 amide bonds. The molecule has 2 N–H and O–H groups in total. The minimum absolute atomic E-state index is 0.0840. The van der Waals surface area contributed by atoms with Crippen LogP contribution in [0.15, 0.2) is 41.0 Å². The quantitative estimate of drug-likeness (QED) is 0.685. The first kappa shape index (κ1) is 21.5. The van der Waals surface area contributed by atoms with Crippen LogP contribution < -0.4 is 10.6 Å². The number of rotatable bonds is 7. The van der Waals surface area contributed by atoms with Crippen LogP contribution in [0, 0.1) is 12.8 Å². The summed E-state index contributed by atoms with van der Waals surface area (Å²) in [5.41, 5.74) is 1.24. The molecule has 2 rings (SSSR count). The summed E-state index contributed by atoms with van der Waals surface area (Å²) in [4.78, 5) is 37.0. The zero-order valence-electron chi connectivity index (χ0n) is 16.1. The zero-order chi connectivity index (χ0) is 20.8. The topological polar surface area (TPSA) is 97.6 Å². The fourth-order valence-corrected chi connectivity index (χ4v) is 2.57. The molecule has 0 bridgehead atoms. The Balaban J connectivity index is 2.00. The minimum Gasteiger partial charge on any atom is -0.459 e. The summed E-state index contributed by atoms with van der Waals surface area (Å²) in [6, 6.07) is 7.25. The first-order valence-corrected chi connectivity index (χ1v) is 9.19. The average molecular weight is 407 g/mol. The molecule has 0 aliphatic rings. The van der Waals surface area contributed by atoms with Crippen LogP contribution in [-0.2, 0) is 14.3 Å². The van der Waals surface area contributed by atoms with E-state index in [0.717, 1.165) is 0 Å². The van der Waals surface area contributed by atoms with Crippen molar-refractivity contribution < 1.29 is 23.5 Å². The number of halogens is 1. The van der Waals surface area contributed by atoms with E-state index >= 15 is 0 Å². The first-order chi connectivity index (χ1) is 13.2. The Hall–Kier alpha value is -2.80. The van der Waals surface area contributed by atoms with Gasteiger partial charge in [0.15, 0.2) is 11.9 Å². The molecule has 28 heavy (non-hydrogen) atoms. The van der Waals surface area contributed by atoms with Crippen LogP contribution >= 0.6 is 11.6 Å². The van der Waals surface area contributed by atoms with E-state index in [1.54, 1.807) is 45.0 Å². The van der Waals surface area contributed by atoms with Crippen LogP contribution in [0.4, 0.5) is 5.69 Å². The second kappa shape index (κ2) is 9.41. The second-order valence-corrected chi connectivity index (χ2v) is 7.06. The van der Waals surface area contributed by atoms with Crippen molar-refractivity contribution in [3.8, 4) is 0 Å². The predicted octanol–water partition coefficient (Wildman–Crippen LogP) is 3.57. The van der Waals surface area contributed by atoms with E-state index < -0.39 is 29.9 Å². The molecule has 7 nitrogen and oxygen atoms in total. The van der Waals surface area contributed by atoms with E-state index in [0.29, 0.717) is 16.3 Å². The lowest BCUT2D eigenvalue weighted by Crippen LogP contribution is -2.47. The van der Waals surface area contributed by atoms with E-state index in [1.807, 2.05) is 0 Å². The van der Waals surface area contributed by atoms with Crippen molar-refractivity contribution in [1.29, 1.82) is 0 Å². The van der Waals surface area contributed by atoms with Gasteiger partial charge in [0.05, 0.1) is 6.26 Å². The van der Waals surface area contributed by atoms with Gasteiger partial charge in [-0.05, 0) is 49.6 Å². The number of anilines is 1. The van der Waals surface area contributed by atoms with Gasteiger partial charge in [0, 0.05) is 10.7 Å². The lowest BCUT2D eigenvalue weighted by Gasteiger charge is -2.22. The van der Waals surface area contributed by atoms with E-state index in [-0.39, 0.29) is 11.7 Å². The Morgan fingerprint density at radius 1 is 1.11 bits per heavy atom. The Kier molecular flexibility index (Phi) is 7.23. The molecule has 1 aromatic heterocycles. The Bertz CT molecular complexity index is 848. The summed E-state index contributed by atoms with van der Waals surface area (Å²) >= 11 is 6.04. The van der Waals surface area contributed by atoms with Crippen LogP contribution in [0.3, 0.4) is 0 Å². The van der Waals surface area contributed by atoms with E-state index in [1.165, 1.54) is 19.3 Å². The molecule has 0 unspecified atom stereocenters. The standard InChI is InChI=1S/C20H23ClN2O5/c1-11(2)17(23-19(25)16-9-6-10-27-16)20(26)28-13(4)18(24)22-15-8-5-7-14(21)12(15)3/h5-11,13,17H,1-4H3,(H,22,24)(H,23,25)/t13-,17+/m1/s1. The number of esters is 1. The zero-order valence-corrected chi connectivity index (χ0v) is 16.9. The normalized spacial score (nSPS) is 12.9. The molecule has 1 heterocycles. The summed E-state index contributed by atoms with van der Waals surface area (Å²) in [6.45, 7) is 6.75. The highest BCUT2D eigenvalue weighted by atomic mass is 35.5. The molecule has 0 fully saturated rings. The summed E-state index contributed by atoms with van der Waals surface area (Å²) in [7, 11) is 0. The van der Waals surface area contributed by atoms with Gasteiger partial charge in [-0.25, -0.2) is 4.79 Å². The van der Waals surface area contributed by atoms with Gasteiger partial charge in [0.2, 0.25) is 0 Å². The largest absolute Gasteiger partial charge is 0.459 e. The molecule has 2 atom stereocenters. The number of ether oxygens (including phenoxy) is 1. The molecule has 2 aromatic rings. The molecular weight excluding hydrogens is 384 g/mol. The number of furan rings is 1. The third-order valence-corrected chi connectivity index (χ3v) is 4.55. The Morgan fingerprint density at radius 2 is 1.82 bits per heavy atom. The van der Waals surface area contributed by atoms with Gasteiger partial charge in [0.1, 0.15) is 6.04 Å². The van der Waals surface area contributed by atoms with E-state index in [9.17, 15) is 14.4 Å². The highest BCUT2D eigenvalue weighted by molar-refractivity contribution is 6.31. The maximum absolute atomic E-state index is 12.5. The van der Waals surface area contributed by atoms with Crippen LogP contribution in [0.2, 0.25) is 5.02 Å². The summed E-state index contributed by atoms with van der Waals surface area (Å²) in [5.74, 6) is -1.91. The Labute approximate surface area is 168 Å². The molecule has 0 aliphatic carbocycles. The SMILES string of the molecule is Cc1c(Cl)cccc1NC(=O)[C@@H](C)OC(=O)[C@@H](NC(=O)c1ccco1)C(C)C. The maximum atomic E-state index is 12.5. The highest BCUT2D eigenvalue weighted by Crippen LogP contribution is 2.23. The molecule has 0 saturated heterocycles. The lowest BCUT2D eigenvalue weighted by molar-refractivity contribution is -0.156. The van der Waals surface area contributed by atoms with Crippen LogP contribution in [-0.4, -0.2) is 29.9 Å². The summed E-state index contributed by atoms with van der Waals surface area (Å²) in [5, 5.41) is 5.77. The maximum Gasteiger partial charge on any atom is 0.329 e. The fraction of sp³-hybridized carbons (Fsp3) is 0.350. The van der Waals surface area contributed by atoms with Crippen LogP contribution in [0.25, 0.3) is 0 Å². The predicted molar refractivity (Wildman–Crippen MR) is 105 cm³/mol. The molecular formula is C20H23ClN2O5. The van der Waals surface area contributed by atoms with Gasteiger partial charge in [-0.15, -0.1) is 0 Å². The van der Waals surface area contributed by atoms with Crippen LogP contribution in [0.5, 0.6) is 0 Å². The number of hydrogen-bond donors (Lipinski definition) is 2. The molecule has 0 aliphatic heterocycles. The number of nitrogens with one attached hydrogen (secondary N) is 2. The van der Waals surface area contributed by atoms with Crippen molar-refractivity contribution >= 4 is 35.1 Å². The van der Waals surface area contributed by atoms with E-state index in [4.69, 9.17) is 20.8 Å². The van der Waals surface area contributed by atoms with Gasteiger partial charge in [-0.1, -0.05) is 31.5 Å². The first-order valence-electron chi connectivity index (χ1n) is 8.81. The highest BCUT2D eigenvalue weighted by Gasteiger charge is 2.30. The van der Waals surface area contributed by atoms with Crippen molar-refractivity contribution in [3.05, 3.63) is 52.9 Å². The molecule has 0 saturated carbocycles. The molecule has 8 heteroatoms. The monoisotopic (exact) mass is 406 g/mol. The van der Waals surface area contributed by atoms with Crippen molar-refractivity contribution in [2.75, 3.05) is 5.32 Å². The van der Waals surface area contributed by atoms with Gasteiger partial charge in [-0.3, -0.25) is 9.59 Å². The van der Waals surface area contributed by atoms with Gasteiger partial charge >= 0.3 is 5.97 Å². The Morgan fingerprint density at radius 3 is 2.43 bits per heavy atom. The van der Waals surface area contributed by atoms with Gasteiger partial charge in [-0.2, -0.15) is 0 Å². The fourth-order valence-electron chi connectivity index (χ4n) is 2.40. The van der Waals surface area contributed by atoms with E-state index in [2.05, 4.69) is 10.6 Å². The smallest absolute Gasteiger partial charge is 0.329 e. The number of hydrogen-bond acceptors (Lipinski definition) is 5. The van der Waals surface area contributed by atoms with Crippen molar-refractivity contribution in [1.82, 2.24) is 5.32 Å². The van der Waals surface area contributed by atoms with Crippen LogP contribution in [0.1, 0.15) is 36.9 Å². The summed E-state index contributed by atoms with van der Waals surface area (Å²) < 4.78 is 10.3. The van der Waals surface area contributed by atoms with Crippen molar-refractivity contribution in [2.24, 2.45) is 5.92 Å². The number of benzene rings is 1. The molecule has 0 radical (unpaired) electrons. The third-order valence-electron chi connectivity index (χ3n) is 4.14. The minimum atomic E-state index is -1.06. The second-order valence-electron chi connectivity index (χ2n) is 6.65.